The first-order valence-electron chi connectivity index (χ1n) is 6.38. The molecule has 1 fully saturated rings. The van der Waals surface area contributed by atoms with Gasteiger partial charge in [0.25, 0.3) is 0 Å². The van der Waals surface area contributed by atoms with Crippen LogP contribution in [0.2, 0.25) is 0 Å². The van der Waals surface area contributed by atoms with Crippen LogP contribution in [0.3, 0.4) is 0 Å². The van der Waals surface area contributed by atoms with E-state index in [-0.39, 0.29) is 0 Å². The van der Waals surface area contributed by atoms with Gasteiger partial charge in [0, 0.05) is 25.0 Å². The Bertz CT molecular complexity index is 355. The number of aromatic nitrogens is 1. The molecule has 1 unspecified atom stereocenters. The van der Waals surface area contributed by atoms with Crippen molar-refractivity contribution in [3.8, 4) is 0 Å². The Balaban J connectivity index is 1.85. The van der Waals surface area contributed by atoms with E-state index in [1.165, 1.54) is 30.1 Å². The summed E-state index contributed by atoms with van der Waals surface area (Å²) in [5, 5.41) is 6.85. The average molecular weight is 253 g/mol. The highest BCUT2D eigenvalue weighted by atomic mass is 32.1. The second-order valence-corrected chi connectivity index (χ2v) is 6.68. The number of piperidine rings is 1. The number of nitrogens with one attached hydrogen (secondary N) is 1. The molecule has 1 aliphatic rings. The van der Waals surface area contributed by atoms with Crippen molar-refractivity contribution < 1.29 is 0 Å². The van der Waals surface area contributed by atoms with Crippen molar-refractivity contribution in [3.63, 3.8) is 0 Å². The molecule has 1 N–H and O–H groups in total. The second kappa shape index (κ2) is 5.46. The molecule has 0 radical (unpaired) electrons. The van der Waals surface area contributed by atoms with Gasteiger partial charge in [-0.3, -0.25) is 4.90 Å². The molecule has 96 valence electrons. The zero-order chi connectivity index (χ0) is 12.3. The Morgan fingerprint density at radius 3 is 3.00 bits per heavy atom. The van der Waals surface area contributed by atoms with Gasteiger partial charge >= 0.3 is 0 Å². The van der Waals surface area contributed by atoms with E-state index in [1.54, 1.807) is 11.3 Å². The van der Waals surface area contributed by atoms with Crippen molar-refractivity contribution in [1.29, 1.82) is 0 Å². The van der Waals surface area contributed by atoms with Gasteiger partial charge in [0.05, 0.1) is 10.7 Å². The van der Waals surface area contributed by atoms with Crippen molar-refractivity contribution in [3.05, 3.63) is 16.1 Å². The Hall–Kier alpha value is -0.450. The first kappa shape index (κ1) is 13.0. The molecule has 0 saturated carbocycles. The van der Waals surface area contributed by atoms with E-state index in [2.05, 4.69) is 41.5 Å². The van der Waals surface area contributed by atoms with E-state index < -0.39 is 0 Å². The molecular formula is C13H23N3S. The number of hydrogen-bond acceptors (Lipinski definition) is 4. The average Bonchev–Trinajstić information content (AvgIpc) is 2.63. The fourth-order valence-electron chi connectivity index (χ4n) is 2.72. The lowest BCUT2D eigenvalue weighted by molar-refractivity contribution is 0.148. The molecule has 2 rings (SSSR count). The van der Waals surface area contributed by atoms with Crippen LogP contribution in [-0.2, 0) is 6.54 Å². The molecule has 3 nitrogen and oxygen atoms in total. The number of aryl methyl sites for hydroxylation is 1. The highest BCUT2D eigenvalue weighted by molar-refractivity contribution is 7.09. The summed E-state index contributed by atoms with van der Waals surface area (Å²) in [6.45, 7) is 8.91. The van der Waals surface area contributed by atoms with E-state index in [0.29, 0.717) is 5.41 Å². The van der Waals surface area contributed by atoms with Crippen LogP contribution in [0.1, 0.15) is 30.5 Å². The SMILES string of the molecule is Cc1nc(CN(C)CC2(C)CCCNC2)cs1. The monoisotopic (exact) mass is 253 g/mol. The molecule has 4 heteroatoms. The van der Waals surface area contributed by atoms with E-state index in [1.807, 2.05) is 0 Å². The molecule has 0 aromatic carbocycles. The third-order valence-electron chi connectivity index (χ3n) is 3.44. The van der Waals surface area contributed by atoms with Gasteiger partial charge in [0.15, 0.2) is 0 Å². The van der Waals surface area contributed by atoms with Crippen molar-refractivity contribution in [1.82, 2.24) is 15.2 Å². The largest absolute Gasteiger partial charge is 0.316 e. The summed E-state index contributed by atoms with van der Waals surface area (Å²) in [5.74, 6) is 0. The fourth-order valence-corrected chi connectivity index (χ4v) is 3.32. The maximum atomic E-state index is 4.53. The minimum atomic E-state index is 0.429. The molecule has 0 aliphatic carbocycles. The molecule has 0 bridgehead atoms. The minimum Gasteiger partial charge on any atom is -0.316 e. The molecular weight excluding hydrogens is 230 g/mol. The first-order chi connectivity index (χ1) is 8.07. The van der Waals surface area contributed by atoms with Crippen LogP contribution in [0.4, 0.5) is 0 Å². The van der Waals surface area contributed by atoms with Crippen molar-refractivity contribution >= 4 is 11.3 Å². The van der Waals surface area contributed by atoms with Crippen LogP contribution in [0, 0.1) is 12.3 Å². The first-order valence-corrected chi connectivity index (χ1v) is 7.26. The summed E-state index contributed by atoms with van der Waals surface area (Å²) in [6.07, 6.45) is 2.64. The topological polar surface area (TPSA) is 28.2 Å². The third-order valence-corrected chi connectivity index (χ3v) is 4.26. The van der Waals surface area contributed by atoms with Crippen molar-refractivity contribution in [2.45, 2.75) is 33.2 Å². The van der Waals surface area contributed by atoms with E-state index in [9.17, 15) is 0 Å². The molecule has 2 heterocycles. The summed E-state index contributed by atoms with van der Waals surface area (Å²) in [4.78, 5) is 6.93. The smallest absolute Gasteiger partial charge is 0.0897 e. The van der Waals surface area contributed by atoms with Gasteiger partial charge in [0.2, 0.25) is 0 Å². The maximum absolute atomic E-state index is 4.53. The minimum absolute atomic E-state index is 0.429. The summed E-state index contributed by atoms with van der Waals surface area (Å²) in [5.41, 5.74) is 1.64. The molecule has 17 heavy (non-hydrogen) atoms. The van der Waals surface area contributed by atoms with Crippen LogP contribution >= 0.6 is 11.3 Å². The Morgan fingerprint density at radius 1 is 1.59 bits per heavy atom. The van der Waals surface area contributed by atoms with Crippen LogP contribution in [-0.4, -0.2) is 36.6 Å². The Morgan fingerprint density at radius 2 is 2.41 bits per heavy atom. The van der Waals surface area contributed by atoms with Crippen LogP contribution in [0.25, 0.3) is 0 Å². The lowest BCUT2D eigenvalue weighted by atomic mass is 9.82. The molecule has 0 amide bonds. The van der Waals surface area contributed by atoms with Gasteiger partial charge in [-0.2, -0.15) is 0 Å². The summed E-state index contributed by atoms with van der Waals surface area (Å²) in [6, 6.07) is 0. The van der Waals surface area contributed by atoms with Crippen LogP contribution in [0.5, 0.6) is 0 Å². The molecule has 1 aromatic heterocycles. The van der Waals surface area contributed by atoms with Gasteiger partial charge < -0.3 is 5.32 Å². The predicted octanol–water partition coefficient (Wildman–Crippen LogP) is 2.27. The second-order valence-electron chi connectivity index (χ2n) is 5.62. The number of hydrogen-bond donors (Lipinski definition) is 1. The van der Waals surface area contributed by atoms with Gasteiger partial charge in [-0.15, -0.1) is 11.3 Å². The Labute approximate surface area is 108 Å². The highest BCUT2D eigenvalue weighted by Gasteiger charge is 2.27. The van der Waals surface area contributed by atoms with E-state index in [4.69, 9.17) is 0 Å². The summed E-state index contributed by atoms with van der Waals surface area (Å²) >= 11 is 1.74. The zero-order valence-electron chi connectivity index (χ0n) is 11.1. The summed E-state index contributed by atoms with van der Waals surface area (Å²) in [7, 11) is 2.20. The summed E-state index contributed by atoms with van der Waals surface area (Å²) < 4.78 is 0. The molecule has 1 aliphatic heterocycles. The number of nitrogens with zero attached hydrogens (tertiary/aromatic N) is 2. The number of rotatable bonds is 4. The predicted molar refractivity (Wildman–Crippen MR) is 73.4 cm³/mol. The van der Waals surface area contributed by atoms with Crippen molar-refractivity contribution in [2.24, 2.45) is 5.41 Å². The lowest BCUT2D eigenvalue weighted by Crippen LogP contribution is -2.44. The lowest BCUT2D eigenvalue weighted by Gasteiger charge is -2.37. The molecule has 1 saturated heterocycles. The maximum Gasteiger partial charge on any atom is 0.0897 e. The number of thiazole rings is 1. The quantitative estimate of drug-likeness (QED) is 0.892. The van der Waals surface area contributed by atoms with E-state index >= 15 is 0 Å². The Kier molecular flexibility index (Phi) is 4.17. The van der Waals surface area contributed by atoms with Gasteiger partial charge in [-0.1, -0.05) is 6.92 Å². The highest BCUT2D eigenvalue weighted by Crippen LogP contribution is 2.26. The van der Waals surface area contributed by atoms with Crippen molar-refractivity contribution in [2.75, 3.05) is 26.7 Å². The standard InChI is InChI=1S/C13H23N3S/c1-11-15-12(8-17-11)7-16(3)10-13(2)5-4-6-14-9-13/h8,14H,4-7,9-10H2,1-3H3. The molecule has 1 atom stereocenters. The van der Waals surface area contributed by atoms with Gasteiger partial charge in [-0.05, 0) is 38.8 Å². The normalized spacial score (nSPS) is 25.4. The van der Waals surface area contributed by atoms with Gasteiger partial charge in [0.1, 0.15) is 0 Å². The fraction of sp³-hybridized carbons (Fsp3) is 0.769. The van der Waals surface area contributed by atoms with E-state index in [0.717, 1.165) is 19.6 Å². The van der Waals surface area contributed by atoms with Crippen LogP contribution < -0.4 is 5.32 Å². The van der Waals surface area contributed by atoms with Crippen LogP contribution in [0.15, 0.2) is 5.38 Å². The third kappa shape index (κ3) is 3.76. The molecule has 1 aromatic rings. The van der Waals surface area contributed by atoms with Gasteiger partial charge in [-0.25, -0.2) is 4.98 Å². The molecule has 0 spiro atoms. The zero-order valence-corrected chi connectivity index (χ0v) is 11.9.